The van der Waals surface area contributed by atoms with Crippen molar-refractivity contribution in [2.75, 3.05) is 5.32 Å². The molecule has 0 saturated carbocycles. The maximum absolute atomic E-state index is 12.3. The smallest absolute Gasteiger partial charge is 0.251 e. The van der Waals surface area contributed by atoms with Crippen molar-refractivity contribution >= 4 is 34.2 Å². The zero-order valence-corrected chi connectivity index (χ0v) is 15.1. The Kier molecular flexibility index (Phi) is 5.34. The van der Waals surface area contributed by atoms with Gasteiger partial charge < -0.3 is 11.1 Å². The maximum atomic E-state index is 12.3. The monoisotopic (exact) mass is 354 g/mol. The Morgan fingerprint density at radius 2 is 2.08 bits per heavy atom. The van der Waals surface area contributed by atoms with Crippen molar-refractivity contribution in [1.82, 2.24) is 0 Å². The van der Waals surface area contributed by atoms with Gasteiger partial charge in [0, 0.05) is 11.0 Å². The molecule has 25 heavy (non-hydrogen) atoms. The molecule has 3 rings (SSSR count). The highest BCUT2D eigenvalue weighted by atomic mass is 32.1. The lowest BCUT2D eigenvalue weighted by Crippen LogP contribution is -2.19. The predicted octanol–water partition coefficient (Wildman–Crippen LogP) is 4.01. The fourth-order valence-corrected chi connectivity index (χ4v) is 4.61. The molecule has 4 nitrogen and oxygen atoms in total. The number of amides is 2. The van der Waals surface area contributed by atoms with Crippen LogP contribution < -0.4 is 11.1 Å². The van der Waals surface area contributed by atoms with Gasteiger partial charge in [-0.05, 0) is 42.4 Å². The molecule has 0 aliphatic heterocycles. The van der Waals surface area contributed by atoms with Crippen molar-refractivity contribution in [2.24, 2.45) is 11.7 Å². The number of hydrogen-bond donors (Lipinski definition) is 2. The summed E-state index contributed by atoms with van der Waals surface area (Å²) in [5, 5.41) is 3.42. The Morgan fingerprint density at radius 1 is 1.32 bits per heavy atom. The first-order valence-corrected chi connectivity index (χ1v) is 9.38. The molecule has 1 atom stereocenters. The molecule has 1 heterocycles. The molecular formula is C20H22N2O2S. The van der Waals surface area contributed by atoms with Gasteiger partial charge in [0.05, 0.1) is 5.56 Å². The lowest BCUT2D eigenvalue weighted by molar-refractivity contribution is -0.111. The second-order valence-corrected chi connectivity index (χ2v) is 7.43. The summed E-state index contributed by atoms with van der Waals surface area (Å²) < 4.78 is 0. The summed E-state index contributed by atoms with van der Waals surface area (Å²) in [7, 11) is 0. The van der Waals surface area contributed by atoms with Gasteiger partial charge in [-0.3, -0.25) is 9.59 Å². The average molecular weight is 354 g/mol. The third kappa shape index (κ3) is 3.99. The topological polar surface area (TPSA) is 72.2 Å². The Balaban J connectivity index is 1.80. The van der Waals surface area contributed by atoms with E-state index in [0.717, 1.165) is 36.8 Å². The molecule has 0 spiro atoms. The number of anilines is 1. The average Bonchev–Trinajstić information content (AvgIpc) is 2.97. The zero-order chi connectivity index (χ0) is 17.8. The summed E-state index contributed by atoms with van der Waals surface area (Å²) in [6.07, 6.45) is 7.25. The summed E-state index contributed by atoms with van der Waals surface area (Å²) in [6.45, 7) is 2.19. The van der Waals surface area contributed by atoms with E-state index < -0.39 is 5.91 Å². The first-order chi connectivity index (χ1) is 12.1. The van der Waals surface area contributed by atoms with Crippen molar-refractivity contribution in [3.8, 4) is 0 Å². The number of primary amides is 1. The molecule has 1 aromatic heterocycles. The van der Waals surface area contributed by atoms with Gasteiger partial charge in [-0.1, -0.05) is 43.7 Å². The van der Waals surface area contributed by atoms with Crippen LogP contribution in [0.1, 0.15) is 46.1 Å². The number of carbonyl (C=O) groups is 2. The van der Waals surface area contributed by atoms with Crippen LogP contribution in [-0.4, -0.2) is 11.8 Å². The number of carbonyl (C=O) groups excluding carboxylic acids is 2. The highest BCUT2D eigenvalue weighted by Gasteiger charge is 2.27. The summed E-state index contributed by atoms with van der Waals surface area (Å²) in [5.41, 5.74) is 8.07. The minimum Gasteiger partial charge on any atom is -0.365 e. The predicted molar refractivity (Wildman–Crippen MR) is 103 cm³/mol. The van der Waals surface area contributed by atoms with Crippen molar-refractivity contribution < 1.29 is 9.59 Å². The van der Waals surface area contributed by atoms with Crippen LogP contribution in [0, 0.1) is 5.92 Å². The van der Waals surface area contributed by atoms with E-state index in [2.05, 4.69) is 12.2 Å². The van der Waals surface area contributed by atoms with Gasteiger partial charge in [0.1, 0.15) is 5.00 Å². The fourth-order valence-electron chi connectivity index (χ4n) is 3.24. The Bertz CT molecular complexity index is 809. The molecule has 1 aliphatic carbocycles. The molecule has 0 radical (unpaired) electrons. The molecule has 0 unspecified atom stereocenters. The number of nitrogens with one attached hydrogen (secondary N) is 1. The quantitative estimate of drug-likeness (QED) is 0.796. The summed E-state index contributed by atoms with van der Waals surface area (Å²) in [6, 6.07) is 9.61. The van der Waals surface area contributed by atoms with Crippen LogP contribution >= 0.6 is 11.3 Å². The molecule has 1 aromatic carbocycles. The van der Waals surface area contributed by atoms with Crippen LogP contribution in [0.3, 0.4) is 0 Å². The summed E-state index contributed by atoms with van der Waals surface area (Å²) in [4.78, 5) is 25.4. The van der Waals surface area contributed by atoms with E-state index in [9.17, 15) is 9.59 Å². The summed E-state index contributed by atoms with van der Waals surface area (Å²) in [5.74, 6) is -0.0693. The van der Waals surface area contributed by atoms with E-state index in [1.807, 2.05) is 30.3 Å². The standard InChI is InChI=1S/C20H22N2O2S/c1-2-13-8-10-15-16(12-13)25-20(18(15)19(21)24)22-17(23)11-9-14-6-4-3-5-7-14/h3-7,9,11,13H,2,8,10,12H2,1H3,(H2,21,24)(H,22,23)/b11-9+/t13-/m1/s1. The molecule has 5 heteroatoms. The number of thiophene rings is 1. The van der Waals surface area contributed by atoms with E-state index in [0.29, 0.717) is 16.5 Å². The van der Waals surface area contributed by atoms with E-state index in [1.165, 1.54) is 22.3 Å². The van der Waals surface area contributed by atoms with Gasteiger partial charge in [0.2, 0.25) is 5.91 Å². The number of benzene rings is 1. The minimum atomic E-state index is -0.463. The largest absolute Gasteiger partial charge is 0.365 e. The third-order valence-corrected chi connectivity index (χ3v) is 5.82. The number of fused-ring (bicyclic) bond motifs is 1. The highest BCUT2D eigenvalue weighted by Crippen LogP contribution is 2.40. The third-order valence-electron chi connectivity index (χ3n) is 4.65. The molecule has 130 valence electrons. The van der Waals surface area contributed by atoms with E-state index >= 15 is 0 Å². The van der Waals surface area contributed by atoms with Crippen LogP contribution in [0.4, 0.5) is 5.00 Å². The SMILES string of the molecule is CC[C@@H]1CCc2c(sc(NC(=O)/C=C/c3ccccc3)c2C(N)=O)C1. The first kappa shape index (κ1) is 17.4. The van der Waals surface area contributed by atoms with Gasteiger partial charge in [-0.2, -0.15) is 0 Å². The molecule has 1 aliphatic rings. The molecule has 0 saturated heterocycles. The number of nitrogens with two attached hydrogens (primary N) is 1. The van der Waals surface area contributed by atoms with Crippen LogP contribution in [0.15, 0.2) is 36.4 Å². The van der Waals surface area contributed by atoms with Gasteiger partial charge >= 0.3 is 0 Å². The van der Waals surface area contributed by atoms with Gasteiger partial charge in [0.25, 0.3) is 5.91 Å². The number of hydrogen-bond acceptors (Lipinski definition) is 3. The van der Waals surface area contributed by atoms with Crippen LogP contribution in [0.2, 0.25) is 0 Å². The van der Waals surface area contributed by atoms with Crippen molar-refractivity contribution in [1.29, 1.82) is 0 Å². The van der Waals surface area contributed by atoms with E-state index in [1.54, 1.807) is 6.08 Å². The van der Waals surface area contributed by atoms with Crippen molar-refractivity contribution in [2.45, 2.75) is 32.6 Å². The number of rotatable bonds is 5. The minimum absolute atomic E-state index is 0.253. The lowest BCUT2D eigenvalue weighted by Gasteiger charge is -2.20. The molecule has 3 N–H and O–H groups in total. The Hall–Kier alpha value is -2.40. The van der Waals surface area contributed by atoms with Crippen LogP contribution in [0.25, 0.3) is 6.08 Å². The van der Waals surface area contributed by atoms with Crippen molar-refractivity contribution in [3.05, 3.63) is 58.0 Å². The van der Waals surface area contributed by atoms with Crippen LogP contribution in [-0.2, 0) is 17.6 Å². The molecule has 2 aromatic rings. The van der Waals surface area contributed by atoms with Crippen LogP contribution in [0.5, 0.6) is 0 Å². The molecule has 0 fully saturated rings. The lowest BCUT2D eigenvalue weighted by atomic mass is 9.85. The van der Waals surface area contributed by atoms with Crippen molar-refractivity contribution in [3.63, 3.8) is 0 Å². The first-order valence-electron chi connectivity index (χ1n) is 8.57. The van der Waals surface area contributed by atoms with Gasteiger partial charge in [-0.25, -0.2) is 0 Å². The molecule has 0 bridgehead atoms. The molecular weight excluding hydrogens is 332 g/mol. The second kappa shape index (κ2) is 7.66. The Morgan fingerprint density at radius 3 is 2.76 bits per heavy atom. The highest BCUT2D eigenvalue weighted by molar-refractivity contribution is 7.17. The van der Waals surface area contributed by atoms with Gasteiger partial charge in [-0.15, -0.1) is 11.3 Å². The summed E-state index contributed by atoms with van der Waals surface area (Å²) >= 11 is 1.49. The fraction of sp³-hybridized carbons (Fsp3) is 0.300. The molecule has 2 amide bonds. The maximum Gasteiger partial charge on any atom is 0.251 e. The van der Waals surface area contributed by atoms with E-state index in [-0.39, 0.29) is 5.91 Å². The second-order valence-electron chi connectivity index (χ2n) is 6.32. The Labute approximate surface area is 151 Å². The zero-order valence-electron chi connectivity index (χ0n) is 14.2. The van der Waals surface area contributed by atoms with E-state index in [4.69, 9.17) is 5.73 Å². The van der Waals surface area contributed by atoms with Gasteiger partial charge in [0.15, 0.2) is 0 Å². The normalized spacial score (nSPS) is 16.6.